The minimum absolute atomic E-state index is 0.0947. The van der Waals surface area contributed by atoms with Gasteiger partial charge in [0.1, 0.15) is 0 Å². The molecule has 0 radical (unpaired) electrons. The van der Waals surface area contributed by atoms with E-state index in [0.717, 1.165) is 38.0 Å². The lowest BCUT2D eigenvalue weighted by Gasteiger charge is -2.41. The Morgan fingerprint density at radius 1 is 1.14 bits per heavy atom. The minimum Gasteiger partial charge on any atom is -0.310 e. The number of nitrogens with one attached hydrogen (secondary N) is 1. The molecule has 1 N–H and O–H groups in total. The van der Waals surface area contributed by atoms with Gasteiger partial charge in [0, 0.05) is 36.8 Å². The van der Waals surface area contributed by atoms with Crippen LogP contribution in [0.25, 0.3) is 0 Å². The maximum Gasteiger partial charge on any atom is 0.263 e. The van der Waals surface area contributed by atoms with E-state index in [1.807, 2.05) is 0 Å². The molecule has 1 saturated heterocycles. The summed E-state index contributed by atoms with van der Waals surface area (Å²) in [5, 5.41) is 3.54. The van der Waals surface area contributed by atoms with E-state index in [2.05, 4.69) is 31.0 Å². The SMILES string of the molecule is CC(C)(C)N1CCC(NCc2ccc(C(F)F)cc2)CC1. The Labute approximate surface area is 126 Å². The summed E-state index contributed by atoms with van der Waals surface area (Å²) < 4.78 is 25.0. The van der Waals surface area contributed by atoms with Gasteiger partial charge >= 0.3 is 0 Å². The molecule has 1 aliphatic rings. The molecule has 1 heterocycles. The Balaban J connectivity index is 1.77. The summed E-state index contributed by atoms with van der Waals surface area (Å²) in [5.74, 6) is 0. The van der Waals surface area contributed by atoms with Crippen molar-refractivity contribution >= 4 is 0 Å². The second kappa shape index (κ2) is 6.84. The van der Waals surface area contributed by atoms with E-state index < -0.39 is 6.43 Å². The van der Waals surface area contributed by atoms with Crippen molar-refractivity contribution in [1.29, 1.82) is 0 Å². The first-order chi connectivity index (χ1) is 9.86. The van der Waals surface area contributed by atoms with E-state index in [0.29, 0.717) is 6.04 Å². The Morgan fingerprint density at radius 3 is 2.19 bits per heavy atom. The molecule has 0 aliphatic carbocycles. The molecule has 4 heteroatoms. The molecule has 21 heavy (non-hydrogen) atoms. The Morgan fingerprint density at radius 2 is 1.71 bits per heavy atom. The zero-order valence-corrected chi connectivity index (χ0v) is 13.2. The van der Waals surface area contributed by atoms with Gasteiger partial charge < -0.3 is 5.32 Å². The molecule has 0 amide bonds. The number of alkyl halides is 2. The molecule has 2 rings (SSSR count). The highest BCUT2D eigenvalue weighted by atomic mass is 19.3. The number of halogens is 2. The van der Waals surface area contributed by atoms with Crippen LogP contribution in [0.4, 0.5) is 8.78 Å². The lowest BCUT2D eigenvalue weighted by atomic mass is 9.98. The molecule has 0 unspecified atom stereocenters. The van der Waals surface area contributed by atoms with E-state index in [9.17, 15) is 8.78 Å². The van der Waals surface area contributed by atoms with Gasteiger partial charge in [-0.05, 0) is 39.2 Å². The second-order valence-corrected chi connectivity index (χ2v) is 6.86. The molecule has 2 nitrogen and oxygen atoms in total. The summed E-state index contributed by atoms with van der Waals surface area (Å²) in [7, 11) is 0. The van der Waals surface area contributed by atoms with Gasteiger partial charge in [-0.25, -0.2) is 8.78 Å². The number of likely N-dealkylation sites (tertiary alicyclic amines) is 1. The number of hydrogen-bond acceptors (Lipinski definition) is 2. The first-order valence-corrected chi connectivity index (χ1v) is 7.71. The summed E-state index contributed by atoms with van der Waals surface area (Å²) in [6, 6.07) is 7.14. The first kappa shape index (κ1) is 16.4. The third-order valence-electron chi connectivity index (χ3n) is 4.27. The van der Waals surface area contributed by atoms with Crippen LogP contribution in [-0.4, -0.2) is 29.6 Å². The zero-order valence-electron chi connectivity index (χ0n) is 13.2. The van der Waals surface area contributed by atoms with Crippen LogP contribution in [0.2, 0.25) is 0 Å². The fourth-order valence-corrected chi connectivity index (χ4v) is 2.80. The highest BCUT2D eigenvalue weighted by Crippen LogP contribution is 2.21. The van der Waals surface area contributed by atoms with Crippen LogP contribution in [0.5, 0.6) is 0 Å². The van der Waals surface area contributed by atoms with Crippen LogP contribution in [-0.2, 0) is 6.54 Å². The normalized spacial score (nSPS) is 18.4. The summed E-state index contributed by atoms with van der Waals surface area (Å²) in [6.07, 6.45) is -0.0903. The quantitative estimate of drug-likeness (QED) is 0.904. The molecule has 0 saturated carbocycles. The Kier molecular flexibility index (Phi) is 5.33. The Hall–Kier alpha value is -1.00. The summed E-state index contributed by atoms with van der Waals surface area (Å²) in [5.41, 5.74) is 1.41. The van der Waals surface area contributed by atoms with Gasteiger partial charge in [0.2, 0.25) is 0 Å². The third kappa shape index (κ3) is 4.75. The molecular formula is C17H26F2N2. The molecule has 1 aromatic rings. The van der Waals surface area contributed by atoms with Crippen LogP contribution in [0.3, 0.4) is 0 Å². The van der Waals surface area contributed by atoms with Gasteiger partial charge in [0.05, 0.1) is 0 Å². The van der Waals surface area contributed by atoms with Crippen molar-refractivity contribution in [3.05, 3.63) is 35.4 Å². The molecule has 0 atom stereocenters. The lowest BCUT2D eigenvalue weighted by molar-refractivity contribution is 0.0960. The lowest BCUT2D eigenvalue weighted by Crippen LogP contribution is -2.49. The van der Waals surface area contributed by atoms with Crippen molar-refractivity contribution in [3.63, 3.8) is 0 Å². The van der Waals surface area contributed by atoms with Crippen molar-refractivity contribution in [2.24, 2.45) is 0 Å². The van der Waals surface area contributed by atoms with E-state index in [-0.39, 0.29) is 11.1 Å². The fraction of sp³-hybridized carbons (Fsp3) is 0.647. The molecule has 1 fully saturated rings. The predicted molar refractivity (Wildman–Crippen MR) is 82.6 cm³/mol. The van der Waals surface area contributed by atoms with Crippen LogP contribution >= 0.6 is 0 Å². The van der Waals surface area contributed by atoms with Crippen molar-refractivity contribution in [2.75, 3.05) is 13.1 Å². The van der Waals surface area contributed by atoms with E-state index in [1.165, 1.54) is 12.1 Å². The molecule has 1 aliphatic heterocycles. The van der Waals surface area contributed by atoms with Gasteiger partial charge in [0.25, 0.3) is 6.43 Å². The topological polar surface area (TPSA) is 15.3 Å². The summed E-state index contributed by atoms with van der Waals surface area (Å²) in [6.45, 7) is 9.75. The molecule has 118 valence electrons. The number of piperidine rings is 1. The van der Waals surface area contributed by atoms with Crippen molar-refractivity contribution in [1.82, 2.24) is 10.2 Å². The average molecular weight is 296 g/mol. The first-order valence-electron chi connectivity index (χ1n) is 7.71. The average Bonchev–Trinajstić information content (AvgIpc) is 2.45. The second-order valence-electron chi connectivity index (χ2n) is 6.86. The molecule has 0 aromatic heterocycles. The molecular weight excluding hydrogens is 270 g/mol. The summed E-state index contributed by atoms with van der Waals surface area (Å²) >= 11 is 0. The van der Waals surface area contributed by atoms with E-state index in [4.69, 9.17) is 0 Å². The van der Waals surface area contributed by atoms with Crippen molar-refractivity contribution < 1.29 is 8.78 Å². The van der Waals surface area contributed by atoms with Crippen LogP contribution in [0, 0.1) is 0 Å². The number of benzene rings is 1. The van der Waals surface area contributed by atoms with E-state index in [1.54, 1.807) is 12.1 Å². The highest BCUT2D eigenvalue weighted by molar-refractivity contribution is 5.23. The smallest absolute Gasteiger partial charge is 0.263 e. The maximum atomic E-state index is 12.5. The zero-order chi connectivity index (χ0) is 15.5. The molecule has 0 spiro atoms. The van der Waals surface area contributed by atoms with E-state index >= 15 is 0 Å². The van der Waals surface area contributed by atoms with Crippen LogP contribution in [0.1, 0.15) is 51.2 Å². The van der Waals surface area contributed by atoms with Crippen molar-refractivity contribution in [3.8, 4) is 0 Å². The van der Waals surface area contributed by atoms with Gasteiger partial charge in [-0.1, -0.05) is 24.3 Å². The Bertz CT molecular complexity index is 429. The molecule has 0 bridgehead atoms. The fourth-order valence-electron chi connectivity index (χ4n) is 2.80. The van der Waals surface area contributed by atoms with Gasteiger partial charge in [-0.2, -0.15) is 0 Å². The largest absolute Gasteiger partial charge is 0.310 e. The van der Waals surface area contributed by atoms with Crippen LogP contribution < -0.4 is 5.32 Å². The van der Waals surface area contributed by atoms with Crippen LogP contribution in [0.15, 0.2) is 24.3 Å². The minimum atomic E-state index is -2.38. The highest BCUT2D eigenvalue weighted by Gasteiger charge is 2.26. The summed E-state index contributed by atoms with van der Waals surface area (Å²) in [4.78, 5) is 2.52. The van der Waals surface area contributed by atoms with Gasteiger partial charge in [0.15, 0.2) is 0 Å². The third-order valence-corrected chi connectivity index (χ3v) is 4.27. The monoisotopic (exact) mass is 296 g/mol. The number of rotatable bonds is 4. The van der Waals surface area contributed by atoms with Crippen molar-refractivity contribution in [2.45, 2.75) is 58.2 Å². The van der Waals surface area contributed by atoms with Gasteiger partial charge in [-0.15, -0.1) is 0 Å². The number of hydrogen-bond donors (Lipinski definition) is 1. The number of nitrogens with zero attached hydrogens (tertiary/aromatic N) is 1. The standard InChI is InChI=1S/C17H26F2N2/c1-17(2,3)21-10-8-15(9-11-21)20-12-13-4-6-14(7-5-13)16(18)19/h4-7,15-16,20H,8-12H2,1-3H3. The maximum absolute atomic E-state index is 12.5. The predicted octanol–water partition coefficient (Wildman–Crippen LogP) is 3.98. The van der Waals surface area contributed by atoms with Gasteiger partial charge in [-0.3, -0.25) is 4.90 Å². The molecule has 1 aromatic carbocycles.